The molecule has 0 fully saturated rings. The SMILES string of the molecule is CS(C)(=O)(O)c1ncc(C#Cc2ccccc2)cn1. The van der Waals surface area contributed by atoms with Gasteiger partial charge in [-0.2, -0.15) is 0 Å². The summed E-state index contributed by atoms with van der Waals surface area (Å²) in [5.74, 6) is 5.87. The highest BCUT2D eigenvalue weighted by Crippen LogP contribution is 2.20. The molecule has 1 aromatic carbocycles. The second-order valence-electron chi connectivity index (χ2n) is 4.63. The molecule has 2 rings (SSSR count). The molecule has 0 atom stereocenters. The van der Waals surface area contributed by atoms with Gasteiger partial charge in [-0.3, -0.25) is 4.55 Å². The maximum Gasteiger partial charge on any atom is 0.237 e. The van der Waals surface area contributed by atoms with Gasteiger partial charge in [0.15, 0.2) is 0 Å². The van der Waals surface area contributed by atoms with Crippen molar-refractivity contribution >= 4 is 9.35 Å². The van der Waals surface area contributed by atoms with E-state index in [0.29, 0.717) is 5.56 Å². The molecule has 19 heavy (non-hydrogen) atoms. The van der Waals surface area contributed by atoms with Crippen molar-refractivity contribution in [2.75, 3.05) is 12.5 Å². The highest BCUT2D eigenvalue weighted by Gasteiger charge is 2.20. The summed E-state index contributed by atoms with van der Waals surface area (Å²) in [6.07, 6.45) is 5.36. The topological polar surface area (TPSA) is 63.1 Å². The Morgan fingerprint density at radius 2 is 1.53 bits per heavy atom. The molecule has 0 bridgehead atoms. The lowest BCUT2D eigenvalue weighted by molar-refractivity contribution is 0.516. The van der Waals surface area contributed by atoms with Crippen LogP contribution in [-0.2, 0) is 9.35 Å². The summed E-state index contributed by atoms with van der Waals surface area (Å²) in [6.45, 7) is 0. The van der Waals surface area contributed by atoms with Crippen LogP contribution in [0.2, 0.25) is 0 Å². The number of hydrogen-bond donors (Lipinski definition) is 1. The van der Waals surface area contributed by atoms with E-state index in [0.717, 1.165) is 5.56 Å². The van der Waals surface area contributed by atoms with Crippen LogP contribution >= 0.6 is 0 Å². The van der Waals surface area contributed by atoms with Crippen molar-refractivity contribution in [3.8, 4) is 11.8 Å². The van der Waals surface area contributed by atoms with Gasteiger partial charge >= 0.3 is 0 Å². The lowest BCUT2D eigenvalue weighted by atomic mass is 10.2. The number of aromatic nitrogens is 2. The van der Waals surface area contributed by atoms with Crippen LogP contribution < -0.4 is 0 Å². The molecule has 0 aliphatic rings. The Kier molecular flexibility index (Phi) is 3.23. The minimum Gasteiger partial charge on any atom is -0.297 e. The van der Waals surface area contributed by atoms with E-state index < -0.39 is 9.35 Å². The van der Waals surface area contributed by atoms with E-state index in [4.69, 9.17) is 0 Å². The molecule has 2 aromatic rings. The fourth-order valence-electron chi connectivity index (χ4n) is 1.35. The van der Waals surface area contributed by atoms with Gasteiger partial charge in [-0.15, -0.1) is 9.35 Å². The van der Waals surface area contributed by atoms with E-state index in [9.17, 15) is 8.76 Å². The quantitative estimate of drug-likeness (QED) is 0.636. The zero-order valence-corrected chi connectivity index (χ0v) is 11.5. The molecule has 1 N–H and O–H groups in total. The number of nitrogens with zero attached hydrogens (tertiary/aromatic N) is 2. The summed E-state index contributed by atoms with van der Waals surface area (Å²) in [4.78, 5) is 7.81. The second-order valence-corrected chi connectivity index (χ2v) is 8.53. The lowest BCUT2D eigenvalue weighted by Gasteiger charge is -2.30. The summed E-state index contributed by atoms with van der Waals surface area (Å²) < 4.78 is 21.6. The summed E-state index contributed by atoms with van der Waals surface area (Å²) >= 11 is 0. The Balaban J connectivity index is 2.27. The van der Waals surface area contributed by atoms with Gasteiger partial charge in [0, 0.05) is 30.5 Å². The van der Waals surface area contributed by atoms with E-state index in [1.165, 1.54) is 24.9 Å². The van der Waals surface area contributed by atoms with Gasteiger partial charge in [-0.1, -0.05) is 30.0 Å². The largest absolute Gasteiger partial charge is 0.297 e. The predicted octanol–water partition coefficient (Wildman–Crippen LogP) is 1.79. The van der Waals surface area contributed by atoms with E-state index in [2.05, 4.69) is 21.8 Å². The third kappa shape index (κ3) is 3.71. The molecule has 0 saturated heterocycles. The average molecular weight is 274 g/mol. The standard InChI is InChI=1S/C14H14N2O2S/c1-19(2,17,18)14-15-10-13(11-16-14)9-8-12-6-4-3-5-7-12/h3-7,10-11H,1-2H3,(H,17,18). The van der Waals surface area contributed by atoms with Gasteiger partial charge in [0.05, 0.1) is 5.56 Å². The highest BCUT2D eigenvalue weighted by atomic mass is 32.3. The van der Waals surface area contributed by atoms with Gasteiger partial charge in [0.1, 0.15) is 0 Å². The molecular formula is C14H14N2O2S. The summed E-state index contributed by atoms with van der Waals surface area (Å²) in [5, 5.41) is -0.0674. The molecule has 5 heteroatoms. The van der Waals surface area contributed by atoms with Gasteiger partial charge < -0.3 is 0 Å². The molecule has 0 saturated carbocycles. The molecule has 4 nitrogen and oxygen atoms in total. The Morgan fingerprint density at radius 3 is 2.05 bits per heavy atom. The minimum absolute atomic E-state index is 0.0674. The van der Waals surface area contributed by atoms with Crippen LogP contribution in [-0.4, -0.2) is 31.2 Å². The fraction of sp³-hybridized carbons (Fsp3) is 0.143. The molecule has 0 radical (unpaired) electrons. The third-order valence-electron chi connectivity index (χ3n) is 2.27. The Hall–Kier alpha value is -2.03. The predicted molar refractivity (Wildman–Crippen MR) is 75.3 cm³/mol. The van der Waals surface area contributed by atoms with E-state index in [-0.39, 0.29) is 5.16 Å². The van der Waals surface area contributed by atoms with Crippen LogP contribution in [0.25, 0.3) is 0 Å². The third-order valence-corrected chi connectivity index (χ3v) is 3.53. The maximum atomic E-state index is 11.9. The summed E-state index contributed by atoms with van der Waals surface area (Å²) in [7, 11) is -3.88. The zero-order chi connectivity index (χ0) is 14.0. The normalized spacial score (nSPS) is 12.9. The van der Waals surface area contributed by atoms with Crippen LogP contribution in [0.5, 0.6) is 0 Å². The van der Waals surface area contributed by atoms with Gasteiger partial charge in [0.25, 0.3) is 0 Å². The Labute approximate surface area is 112 Å². The molecule has 0 unspecified atom stereocenters. The van der Waals surface area contributed by atoms with Crippen molar-refractivity contribution in [1.82, 2.24) is 9.97 Å². The Bertz CT molecular complexity index is 696. The first-order valence-corrected chi connectivity index (χ1v) is 8.31. The van der Waals surface area contributed by atoms with Crippen LogP contribution in [0.4, 0.5) is 0 Å². The maximum absolute atomic E-state index is 11.9. The van der Waals surface area contributed by atoms with Crippen molar-refractivity contribution in [3.63, 3.8) is 0 Å². The summed E-state index contributed by atoms with van der Waals surface area (Å²) in [5.41, 5.74) is 1.49. The average Bonchev–Trinajstić information content (AvgIpc) is 2.36. The smallest absolute Gasteiger partial charge is 0.237 e. The van der Waals surface area contributed by atoms with Crippen LogP contribution in [0, 0.1) is 11.8 Å². The number of benzene rings is 1. The van der Waals surface area contributed by atoms with Crippen molar-refractivity contribution < 1.29 is 8.76 Å². The number of hydrogen-bond acceptors (Lipinski definition) is 3. The first-order valence-electron chi connectivity index (χ1n) is 5.57. The first kappa shape index (κ1) is 13.4. The minimum atomic E-state index is -3.88. The molecule has 0 spiro atoms. The van der Waals surface area contributed by atoms with E-state index in [1.807, 2.05) is 30.3 Å². The van der Waals surface area contributed by atoms with Crippen molar-refractivity contribution in [2.45, 2.75) is 5.16 Å². The van der Waals surface area contributed by atoms with E-state index >= 15 is 0 Å². The van der Waals surface area contributed by atoms with Gasteiger partial charge in [-0.25, -0.2) is 14.2 Å². The van der Waals surface area contributed by atoms with E-state index in [1.54, 1.807) is 0 Å². The summed E-state index contributed by atoms with van der Waals surface area (Å²) in [6, 6.07) is 9.53. The lowest BCUT2D eigenvalue weighted by Crippen LogP contribution is -2.30. The van der Waals surface area contributed by atoms with Crippen LogP contribution in [0.15, 0.2) is 47.9 Å². The van der Waals surface area contributed by atoms with Crippen molar-refractivity contribution in [3.05, 3.63) is 53.9 Å². The molecule has 1 aromatic heterocycles. The molecular weight excluding hydrogens is 260 g/mol. The molecule has 98 valence electrons. The fourth-order valence-corrected chi connectivity index (χ4v) is 2.05. The Morgan fingerprint density at radius 1 is 1.00 bits per heavy atom. The van der Waals surface area contributed by atoms with Crippen LogP contribution in [0.3, 0.4) is 0 Å². The first-order chi connectivity index (χ1) is 8.81. The van der Waals surface area contributed by atoms with Gasteiger partial charge in [-0.05, 0) is 12.1 Å². The molecule has 0 aliphatic heterocycles. The monoisotopic (exact) mass is 274 g/mol. The van der Waals surface area contributed by atoms with Crippen LogP contribution in [0.1, 0.15) is 11.1 Å². The zero-order valence-electron chi connectivity index (χ0n) is 10.7. The molecule has 1 heterocycles. The van der Waals surface area contributed by atoms with Crippen molar-refractivity contribution in [2.24, 2.45) is 0 Å². The number of rotatable bonds is 1. The highest BCUT2D eigenvalue weighted by molar-refractivity contribution is 8.13. The van der Waals surface area contributed by atoms with Crippen molar-refractivity contribution in [1.29, 1.82) is 0 Å². The molecule has 0 amide bonds. The van der Waals surface area contributed by atoms with Gasteiger partial charge in [0.2, 0.25) is 5.16 Å². The molecule has 0 aliphatic carbocycles. The second kappa shape index (κ2) is 4.57.